The van der Waals surface area contributed by atoms with Crippen LogP contribution in [0.15, 0.2) is 22.6 Å². The Morgan fingerprint density at radius 2 is 2.12 bits per heavy atom. The third-order valence-corrected chi connectivity index (χ3v) is 4.42. The molecule has 1 fully saturated rings. The highest BCUT2D eigenvalue weighted by molar-refractivity contribution is 5.74. The minimum atomic E-state index is -1.05. The van der Waals surface area contributed by atoms with Crippen LogP contribution in [0.2, 0.25) is 0 Å². The fourth-order valence-electron chi connectivity index (χ4n) is 3.04. The number of carbonyl (C=O) groups is 2. The quantitative estimate of drug-likeness (QED) is 0.838. The second-order valence-electron chi connectivity index (χ2n) is 6.09. The summed E-state index contributed by atoms with van der Waals surface area (Å²) in [6.07, 6.45) is -0.981. The minimum Gasteiger partial charge on any atom is -0.493 e. The van der Waals surface area contributed by atoms with Crippen LogP contribution in [0.3, 0.4) is 0 Å². The molecular formula is C17H21N3O6. The molecule has 9 heteroatoms. The molecule has 2 N–H and O–H groups in total. The molecule has 0 bridgehead atoms. The predicted molar refractivity (Wildman–Crippen MR) is 91.6 cm³/mol. The monoisotopic (exact) mass is 363 g/mol. The second-order valence-corrected chi connectivity index (χ2v) is 6.09. The number of rotatable bonds is 5. The van der Waals surface area contributed by atoms with Gasteiger partial charge in [-0.1, -0.05) is 6.92 Å². The zero-order valence-corrected chi connectivity index (χ0v) is 14.4. The maximum atomic E-state index is 11.4. The van der Waals surface area contributed by atoms with Gasteiger partial charge in [0.1, 0.15) is 11.3 Å². The van der Waals surface area contributed by atoms with Gasteiger partial charge in [-0.05, 0) is 12.1 Å². The molecule has 2 aromatic rings. The van der Waals surface area contributed by atoms with E-state index in [0.29, 0.717) is 35.6 Å². The fourth-order valence-corrected chi connectivity index (χ4v) is 3.04. The zero-order valence-electron chi connectivity index (χ0n) is 14.4. The molecular weight excluding hydrogens is 342 g/mol. The van der Waals surface area contributed by atoms with E-state index in [4.69, 9.17) is 14.3 Å². The summed E-state index contributed by atoms with van der Waals surface area (Å²) in [5, 5.41) is 18.4. The molecule has 3 rings (SSSR count). The minimum absolute atomic E-state index is 0.146. The molecule has 1 aromatic carbocycles. The normalized spacial score (nSPS) is 17.5. The number of aromatic nitrogens is 1. The van der Waals surface area contributed by atoms with E-state index < -0.39 is 18.2 Å². The van der Waals surface area contributed by atoms with Gasteiger partial charge in [-0.25, -0.2) is 14.6 Å². The van der Waals surface area contributed by atoms with Crippen molar-refractivity contribution in [3.63, 3.8) is 0 Å². The lowest BCUT2D eigenvalue weighted by molar-refractivity contribution is 0.0562. The Labute approximate surface area is 149 Å². The van der Waals surface area contributed by atoms with Gasteiger partial charge in [0.25, 0.3) is 0 Å². The van der Waals surface area contributed by atoms with Crippen LogP contribution < -0.4 is 4.74 Å². The van der Waals surface area contributed by atoms with Crippen molar-refractivity contribution >= 4 is 23.3 Å². The Hall–Kier alpha value is -2.97. The highest BCUT2D eigenvalue weighted by atomic mass is 16.5. The van der Waals surface area contributed by atoms with E-state index >= 15 is 0 Å². The van der Waals surface area contributed by atoms with Crippen LogP contribution in [0.4, 0.5) is 9.59 Å². The number of hydrogen-bond donors (Lipinski definition) is 2. The van der Waals surface area contributed by atoms with E-state index in [1.165, 1.54) is 9.80 Å². The maximum absolute atomic E-state index is 11.4. The number of ether oxygens (including phenoxy) is 1. The lowest BCUT2D eigenvalue weighted by atomic mass is 10.1. The van der Waals surface area contributed by atoms with Crippen molar-refractivity contribution in [1.29, 1.82) is 0 Å². The SMILES string of the molecule is CCc1nc2cc(OCC[C@@H]3CN(C(=O)O)CCN3C(=O)O)ccc2o1. The van der Waals surface area contributed by atoms with Crippen molar-refractivity contribution in [3.05, 3.63) is 24.1 Å². The van der Waals surface area contributed by atoms with E-state index in [9.17, 15) is 14.7 Å². The van der Waals surface area contributed by atoms with Crippen LogP contribution in [-0.4, -0.2) is 69.5 Å². The topological polar surface area (TPSA) is 116 Å². The number of oxazole rings is 1. The highest BCUT2D eigenvalue weighted by Crippen LogP contribution is 2.22. The molecule has 2 heterocycles. The van der Waals surface area contributed by atoms with Crippen molar-refractivity contribution in [2.24, 2.45) is 0 Å². The largest absolute Gasteiger partial charge is 0.493 e. The molecule has 0 aliphatic carbocycles. The van der Waals surface area contributed by atoms with Gasteiger partial charge < -0.3 is 29.2 Å². The van der Waals surface area contributed by atoms with Gasteiger partial charge in [0.15, 0.2) is 11.5 Å². The van der Waals surface area contributed by atoms with Gasteiger partial charge in [-0.15, -0.1) is 0 Å². The summed E-state index contributed by atoms with van der Waals surface area (Å²) >= 11 is 0. The third kappa shape index (κ3) is 3.81. The van der Waals surface area contributed by atoms with Crippen molar-refractivity contribution in [3.8, 4) is 5.75 Å². The zero-order chi connectivity index (χ0) is 18.7. The van der Waals surface area contributed by atoms with Gasteiger partial charge in [-0.3, -0.25) is 0 Å². The molecule has 0 saturated carbocycles. The summed E-state index contributed by atoms with van der Waals surface area (Å²) in [5.74, 6) is 1.27. The van der Waals surface area contributed by atoms with Crippen LogP contribution in [0.1, 0.15) is 19.2 Å². The molecule has 2 amide bonds. The second kappa shape index (κ2) is 7.51. The lowest BCUT2D eigenvalue weighted by Crippen LogP contribution is -2.56. The van der Waals surface area contributed by atoms with Crippen molar-refractivity contribution in [2.75, 3.05) is 26.2 Å². The first-order chi connectivity index (χ1) is 12.5. The first-order valence-electron chi connectivity index (χ1n) is 8.47. The van der Waals surface area contributed by atoms with E-state index in [-0.39, 0.29) is 26.2 Å². The molecule has 1 aliphatic rings. The molecule has 1 saturated heterocycles. The summed E-state index contributed by atoms with van der Waals surface area (Å²) < 4.78 is 11.3. The van der Waals surface area contributed by atoms with E-state index in [1.807, 2.05) is 6.92 Å². The van der Waals surface area contributed by atoms with Crippen molar-refractivity contribution in [1.82, 2.24) is 14.8 Å². The van der Waals surface area contributed by atoms with Gasteiger partial charge in [0, 0.05) is 38.5 Å². The summed E-state index contributed by atoms with van der Waals surface area (Å²) in [5.41, 5.74) is 1.40. The van der Waals surface area contributed by atoms with Gasteiger partial charge in [0.05, 0.1) is 12.6 Å². The maximum Gasteiger partial charge on any atom is 0.407 e. The number of piperazine rings is 1. The smallest absolute Gasteiger partial charge is 0.407 e. The number of amides is 2. The Morgan fingerprint density at radius 1 is 1.31 bits per heavy atom. The third-order valence-electron chi connectivity index (χ3n) is 4.42. The molecule has 140 valence electrons. The van der Waals surface area contributed by atoms with Crippen LogP contribution >= 0.6 is 0 Å². The van der Waals surface area contributed by atoms with Crippen LogP contribution in [0.25, 0.3) is 11.1 Å². The van der Waals surface area contributed by atoms with Gasteiger partial charge >= 0.3 is 12.2 Å². The first kappa shape index (κ1) is 17.8. The number of aryl methyl sites for hydroxylation is 1. The first-order valence-corrected chi connectivity index (χ1v) is 8.47. The molecule has 0 spiro atoms. The van der Waals surface area contributed by atoms with E-state index in [0.717, 1.165) is 0 Å². The summed E-state index contributed by atoms with van der Waals surface area (Å²) in [4.78, 5) is 29.3. The van der Waals surface area contributed by atoms with E-state index in [1.54, 1.807) is 18.2 Å². The Bertz CT molecular complexity index is 805. The average Bonchev–Trinajstić information content (AvgIpc) is 3.03. The molecule has 26 heavy (non-hydrogen) atoms. The molecule has 1 aromatic heterocycles. The number of fused-ring (bicyclic) bond motifs is 1. The van der Waals surface area contributed by atoms with Gasteiger partial charge in [0.2, 0.25) is 0 Å². The molecule has 9 nitrogen and oxygen atoms in total. The van der Waals surface area contributed by atoms with Crippen molar-refractivity contribution in [2.45, 2.75) is 25.8 Å². The van der Waals surface area contributed by atoms with Crippen LogP contribution in [0.5, 0.6) is 5.75 Å². The molecule has 1 atom stereocenters. The number of hydrogen-bond acceptors (Lipinski definition) is 5. The molecule has 0 radical (unpaired) electrons. The fraction of sp³-hybridized carbons (Fsp3) is 0.471. The lowest BCUT2D eigenvalue weighted by Gasteiger charge is -2.38. The summed E-state index contributed by atoms with van der Waals surface area (Å²) in [7, 11) is 0. The van der Waals surface area contributed by atoms with Crippen LogP contribution in [0, 0.1) is 0 Å². The molecule has 1 aliphatic heterocycles. The Kier molecular flexibility index (Phi) is 5.15. The van der Waals surface area contributed by atoms with Gasteiger partial charge in [-0.2, -0.15) is 0 Å². The predicted octanol–water partition coefficient (Wildman–Crippen LogP) is 2.50. The summed E-state index contributed by atoms with van der Waals surface area (Å²) in [6, 6.07) is 4.90. The highest BCUT2D eigenvalue weighted by Gasteiger charge is 2.32. The number of carboxylic acid groups (broad SMARTS) is 2. The number of benzene rings is 1. The van der Waals surface area contributed by atoms with Crippen molar-refractivity contribution < 1.29 is 29.0 Å². The average molecular weight is 363 g/mol. The number of nitrogens with zero attached hydrogens (tertiary/aromatic N) is 3. The van der Waals surface area contributed by atoms with Crippen LogP contribution in [-0.2, 0) is 6.42 Å². The molecule has 0 unspecified atom stereocenters. The van der Waals surface area contributed by atoms with E-state index in [2.05, 4.69) is 4.98 Å². The Morgan fingerprint density at radius 3 is 2.81 bits per heavy atom. The summed E-state index contributed by atoms with van der Waals surface area (Å²) in [6.45, 7) is 2.72. The Balaban J connectivity index is 1.61. The standard InChI is InChI=1S/C17H21N3O6/c1-2-15-18-13-9-12(3-4-14(13)26-15)25-8-5-11-10-19(16(21)22)6-7-20(11)17(23)24/h3-4,9,11H,2,5-8,10H2,1H3,(H,21,22)(H,23,24)/t11-/m1/s1.